The van der Waals surface area contributed by atoms with E-state index in [1.807, 2.05) is 6.20 Å². The summed E-state index contributed by atoms with van der Waals surface area (Å²) in [6, 6.07) is 6.64. The number of nitrogens with one attached hydrogen (secondary N) is 1. The molecule has 2 aromatic rings. The molecular weight excluding hydrogens is 184 g/mol. The molecule has 0 spiro atoms. The molecule has 0 radical (unpaired) electrons. The van der Waals surface area contributed by atoms with Crippen LogP contribution in [0, 0.1) is 13.8 Å². The standard InChI is InChI=1S/C13H16N2/c1-9-6-10(2)8-12(7-9)11(3)13-14-4-5-15-13/h4-8,11H,1-3H3,(H,14,15). The summed E-state index contributed by atoms with van der Waals surface area (Å²) >= 11 is 0. The molecule has 1 heterocycles. The zero-order chi connectivity index (χ0) is 10.8. The van der Waals surface area contributed by atoms with Crippen molar-refractivity contribution in [2.24, 2.45) is 0 Å². The Labute approximate surface area is 90.4 Å². The number of benzene rings is 1. The highest BCUT2D eigenvalue weighted by atomic mass is 14.9. The molecule has 2 rings (SSSR count). The van der Waals surface area contributed by atoms with Gasteiger partial charge in [0, 0.05) is 18.3 Å². The highest BCUT2D eigenvalue weighted by Crippen LogP contribution is 2.22. The molecule has 0 bridgehead atoms. The van der Waals surface area contributed by atoms with Gasteiger partial charge in [-0.15, -0.1) is 0 Å². The summed E-state index contributed by atoms with van der Waals surface area (Å²) in [5, 5.41) is 0. The van der Waals surface area contributed by atoms with Crippen LogP contribution >= 0.6 is 0 Å². The summed E-state index contributed by atoms with van der Waals surface area (Å²) in [4.78, 5) is 7.46. The first kappa shape index (κ1) is 9.97. The van der Waals surface area contributed by atoms with Gasteiger partial charge in [0.2, 0.25) is 0 Å². The van der Waals surface area contributed by atoms with Crippen LogP contribution < -0.4 is 0 Å². The van der Waals surface area contributed by atoms with E-state index >= 15 is 0 Å². The third kappa shape index (κ3) is 2.09. The van der Waals surface area contributed by atoms with Crippen LogP contribution in [-0.2, 0) is 0 Å². The Morgan fingerprint density at radius 1 is 1.13 bits per heavy atom. The molecule has 15 heavy (non-hydrogen) atoms. The predicted octanol–water partition coefficient (Wildman–Crippen LogP) is 3.18. The van der Waals surface area contributed by atoms with Gasteiger partial charge in [-0.05, 0) is 19.4 Å². The molecule has 0 saturated heterocycles. The quantitative estimate of drug-likeness (QED) is 0.792. The largest absolute Gasteiger partial charge is 0.348 e. The molecule has 1 aromatic carbocycles. The minimum absolute atomic E-state index is 0.332. The van der Waals surface area contributed by atoms with Gasteiger partial charge in [0.25, 0.3) is 0 Å². The van der Waals surface area contributed by atoms with Gasteiger partial charge in [-0.1, -0.05) is 36.2 Å². The van der Waals surface area contributed by atoms with Crippen molar-refractivity contribution >= 4 is 0 Å². The lowest BCUT2D eigenvalue weighted by Crippen LogP contribution is -1.99. The second-order valence-corrected chi connectivity index (χ2v) is 4.12. The van der Waals surface area contributed by atoms with Crippen molar-refractivity contribution in [3.8, 4) is 0 Å². The fraction of sp³-hybridized carbons (Fsp3) is 0.308. The molecule has 0 aliphatic heterocycles. The first-order valence-electron chi connectivity index (χ1n) is 5.24. The maximum Gasteiger partial charge on any atom is 0.113 e. The van der Waals surface area contributed by atoms with E-state index in [4.69, 9.17) is 0 Å². The minimum Gasteiger partial charge on any atom is -0.348 e. The highest BCUT2D eigenvalue weighted by Gasteiger charge is 2.10. The van der Waals surface area contributed by atoms with Gasteiger partial charge in [-0.3, -0.25) is 0 Å². The van der Waals surface area contributed by atoms with Gasteiger partial charge < -0.3 is 4.98 Å². The van der Waals surface area contributed by atoms with Crippen molar-refractivity contribution in [1.82, 2.24) is 9.97 Å². The van der Waals surface area contributed by atoms with Gasteiger partial charge >= 0.3 is 0 Å². The Kier molecular flexibility index (Phi) is 2.58. The summed E-state index contributed by atoms with van der Waals surface area (Å²) in [5.74, 6) is 1.36. The molecule has 0 saturated carbocycles. The second kappa shape index (κ2) is 3.89. The third-order valence-electron chi connectivity index (χ3n) is 2.67. The fourth-order valence-electron chi connectivity index (χ4n) is 1.93. The summed E-state index contributed by atoms with van der Waals surface area (Å²) < 4.78 is 0. The van der Waals surface area contributed by atoms with Crippen LogP contribution in [0.3, 0.4) is 0 Å². The van der Waals surface area contributed by atoms with Crippen molar-refractivity contribution in [1.29, 1.82) is 0 Å². The number of imidazole rings is 1. The average Bonchev–Trinajstić information content (AvgIpc) is 2.67. The van der Waals surface area contributed by atoms with Crippen molar-refractivity contribution in [3.63, 3.8) is 0 Å². The molecular formula is C13H16N2. The van der Waals surface area contributed by atoms with Crippen molar-refractivity contribution in [3.05, 3.63) is 53.1 Å². The Hall–Kier alpha value is -1.57. The van der Waals surface area contributed by atoms with Crippen LogP contribution in [0.25, 0.3) is 0 Å². The summed E-state index contributed by atoms with van der Waals surface area (Å²) in [5.41, 5.74) is 3.94. The van der Waals surface area contributed by atoms with Crippen LogP contribution in [0.15, 0.2) is 30.6 Å². The fourth-order valence-corrected chi connectivity index (χ4v) is 1.93. The number of rotatable bonds is 2. The third-order valence-corrected chi connectivity index (χ3v) is 2.67. The molecule has 2 heteroatoms. The van der Waals surface area contributed by atoms with Crippen LogP contribution in [0.2, 0.25) is 0 Å². The van der Waals surface area contributed by atoms with E-state index in [0.717, 1.165) is 5.82 Å². The van der Waals surface area contributed by atoms with Crippen LogP contribution in [0.1, 0.15) is 35.4 Å². The van der Waals surface area contributed by atoms with Gasteiger partial charge in [0.05, 0.1) is 0 Å². The van der Waals surface area contributed by atoms with E-state index in [1.165, 1.54) is 16.7 Å². The lowest BCUT2D eigenvalue weighted by molar-refractivity contribution is 0.837. The van der Waals surface area contributed by atoms with Crippen molar-refractivity contribution in [2.75, 3.05) is 0 Å². The van der Waals surface area contributed by atoms with Gasteiger partial charge in [0.1, 0.15) is 5.82 Å². The Morgan fingerprint density at radius 3 is 2.33 bits per heavy atom. The monoisotopic (exact) mass is 200 g/mol. The molecule has 1 unspecified atom stereocenters. The molecule has 1 N–H and O–H groups in total. The SMILES string of the molecule is Cc1cc(C)cc(C(C)c2ncc[nH]2)c1. The maximum atomic E-state index is 4.30. The van der Waals surface area contributed by atoms with Gasteiger partial charge in [-0.2, -0.15) is 0 Å². The topological polar surface area (TPSA) is 28.7 Å². The van der Waals surface area contributed by atoms with E-state index in [-0.39, 0.29) is 0 Å². The first-order chi connectivity index (χ1) is 7.16. The normalized spacial score (nSPS) is 12.7. The number of aromatic amines is 1. The Morgan fingerprint density at radius 2 is 1.80 bits per heavy atom. The minimum atomic E-state index is 0.332. The molecule has 0 amide bonds. The zero-order valence-corrected chi connectivity index (χ0v) is 9.41. The molecule has 2 nitrogen and oxygen atoms in total. The average molecular weight is 200 g/mol. The predicted molar refractivity (Wildman–Crippen MR) is 62.0 cm³/mol. The lowest BCUT2D eigenvalue weighted by Gasteiger charge is -2.11. The summed E-state index contributed by atoms with van der Waals surface area (Å²) in [6.07, 6.45) is 3.67. The zero-order valence-electron chi connectivity index (χ0n) is 9.41. The van der Waals surface area contributed by atoms with E-state index in [1.54, 1.807) is 6.20 Å². The lowest BCUT2D eigenvalue weighted by atomic mass is 9.97. The number of hydrogen-bond acceptors (Lipinski definition) is 1. The number of H-pyrrole nitrogens is 1. The van der Waals surface area contributed by atoms with E-state index in [9.17, 15) is 0 Å². The van der Waals surface area contributed by atoms with Gasteiger partial charge in [-0.25, -0.2) is 4.98 Å². The van der Waals surface area contributed by atoms with E-state index in [2.05, 4.69) is 48.9 Å². The van der Waals surface area contributed by atoms with E-state index < -0.39 is 0 Å². The number of aryl methyl sites for hydroxylation is 2. The number of nitrogens with zero attached hydrogens (tertiary/aromatic N) is 1. The molecule has 0 aliphatic carbocycles. The van der Waals surface area contributed by atoms with Crippen LogP contribution in [-0.4, -0.2) is 9.97 Å². The van der Waals surface area contributed by atoms with Gasteiger partial charge in [0.15, 0.2) is 0 Å². The number of hydrogen-bond donors (Lipinski definition) is 1. The molecule has 0 fully saturated rings. The van der Waals surface area contributed by atoms with E-state index in [0.29, 0.717) is 5.92 Å². The summed E-state index contributed by atoms with van der Waals surface area (Å²) in [6.45, 7) is 6.43. The highest BCUT2D eigenvalue weighted by molar-refractivity contribution is 5.33. The molecule has 1 aromatic heterocycles. The number of aromatic nitrogens is 2. The van der Waals surface area contributed by atoms with Crippen LogP contribution in [0.4, 0.5) is 0 Å². The smallest absolute Gasteiger partial charge is 0.113 e. The van der Waals surface area contributed by atoms with Crippen molar-refractivity contribution < 1.29 is 0 Å². The molecule has 1 atom stereocenters. The van der Waals surface area contributed by atoms with Crippen molar-refractivity contribution in [2.45, 2.75) is 26.7 Å². The molecule has 0 aliphatic rings. The maximum absolute atomic E-state index is 4.30. The second-order valence-electron chi connectivity index (χ2n) is 4.12. The first-order valence-corrected chi connectivity index (χ1v) is 5.24. The Balaban J connectivity index is 2.37. The van der Waals surface area contributed by atoms with Crippen LogP contribution in [0.5, 0.6) is 0 Å². The Bertz CT molecular complexity index is 423. The summed E-state index contributed by atoms with van der Waals surface area (Å²) in [7, 11) is 0. The molecule has 78 valence electrons.